The van der Waals surface area contributed by atoms with Gasteiger partial charge in [0.25, 0.3) is 0 Å². The summed E-state index contributed by atoms with van der Waals surface area (Å²) in [5, 5.41) is 0. The molecule has 0 aliphatic rings. The molecular weight excluding hydrogens is 182 g/mol. The Morgan fingerprint density at radius 1 is 1.58 bits per heavy atom. The van der Waals surface area contributed by atoms with Crippen molar-refractivity contribution in [3.8, 4) is 0 Å². The smallest absolute Gasteiger partial charge is 0.240 e. The molecule has 0 spiro atoms. The molecule has 0 radical (unpaired) electrons. The maximum atomic E-state index is 10.8. The second-order valence-corrected chi connectivity index (χ2v) is 4.18. The quantitative estimate of drug-likeness (QED) is 0.570. The van der Waals surface area contributed by atoms with Crippen LogP contribution in [0.5, 0.6) is 0 Å². The van der Waals surface area contributed by atoms with Crippen LogP contribution >= 0.6 is 10.8 Å². The molecule has 0 aromatic heterocycles. The van der Waals surface area contributed by atoms with Gasteiger partial charge >= 0.3 is 0 Å². The Morgan fingerprint density at radius 3 is 2.58 bits per heavy atom. The van der Waals surface area contributed by atoms with Crippen molar-refractivity contribution in [1.82, 2.24) is 4.72 Å². The van der Waals surface area contributed by atoms with Gasteiger partial charge in [0.15, 0.2) is 0 Å². The van der Waals surface area contributed by atoms with Crippen molar-refractivity contribution in [3.63, 3.8) is 0 Å². The van der Waals surface area contributed by atoms with Crippen molar-refractivity contribution in [2.24, 2.45) is 0 Å². The van der Waals surface area contributed by atoms with E-state index in [1.165, 1.54) is 0 Å². The topological polar surface area (TPSA) is 78.8 Å². The molecule has 0 saturated heterocycles. The fraction of sp³-hybridized carbons (Fsp3) is 0.833. The average molecular weight is 197 g/mol. The zero-order valence-electron chi connectivity index (χ0n) is 7.24. The maximum Gasteiger partial charge on any atom is 0.240 e. The molecular formula is C6H15NO4S. The normalized spacial score (nSPS) is 12.7. The van der Waals surface area contributed by atoms with Crippen molar-refractivity contribution in [2.75, 3.05) is 19.5 Å². The van der Waals surface area contributed by atoms with E-state index in [2.05, 4.69) is 4.72 Å². The molecule has 0 aromatic rings. The predicted octanol–water partition coefficient (Wildman–Crippen LogP) is 0.825. The summed E-state index contributed by atoms with van der Waals surface area (Å²) in [4.78, 5) is 10.8. The summed E-state index contributed by atoms with van der Waals surface area (Å²) < 4.78 is 24.6. The monoisotopic (exact) mass is 197 g/mol. The second kappa shape index (κ2) is 5.36. The third-order valence-electron chi connectivity index (χ3n) is 0.985. The minimum absolute atomic E-state index is 0.150. The van der Waals surface area contributed by atoms with E-state index in [1.54, 1.807) is 0 Å². The Kier molecular flexibility index (Phi) is 5.23. The molecule has 6 heteroatoms. The van der Waals surface area contributed by atoms with Crippen molar-refractivity contribution in [1.29, 1.82) is 0 Å². The zero-order valence-corrected chi connectivity index (χ0v) is 8.06. The van der Waals surface area contributed by atoms with Crippen molar-refractivity contribution >= 4 is 16.7 Å². The standard InChI is InChI=1S/C6H15NO4S/c1-3-11-5-4-6(8)7-12(2,9)10/h9-10H,3-5H2,1-2H3,(H,7,8). The summed E-state index contributed by atoms with van der Waals surface area (Å²) in [6, 6.07) is 0. The van der Waals surface area contributed by atoms with Crippen LogP contribution in [0, 0.1) is 0 Å². The number of amides is 1. The SMILES string of the molecule is CCOCCC(=O)NS(C)(O)O. The molecule has 5 nitrogen and oxygen atoms in total. The first kappa shape index (κ1) is 11.7. The van der Waals surface area contributed by atoms with Gasteiger partial charge in [-0.25, -0.2) is 0 Å². The average Bonchev–Trinajstić information content (AvgIpc) is 1.84. The summed E-state index contributed by atoms with van der Waals surface area (Å²) in [6.07, 6.45) is 1.31. The number of carbonyl (C=O) groups excluding carboxylic acids is 1. The van der Waals surface area contributed by atoms with Crippen LogP contribution in [0.2, 0.25) is 0 Å². The third-order valence-corrected chi connectivity index (χ3v) is 1.60. The molecule has 0 aliphatic carbocycles. The van der Waals surface area contributed by atoms with Crippen LogP contribution in [0.1, 0.15) is 13.3 Å². The molecule has 0 aliphatic heterocycles. The molecule has 0 atom stereocenters. The van der Waals surface area contributed by atoms with Crippen LogP contribution < -0.4 is 4.72 Å². The highest BCUT2D eigenvalue weighted by molar-refractivity contribution is 8.22. The number of ether oxygens (including phenoxy) is 1. The molecule has 0 bridgehead atoms. The zero-order chi connectivity index (χ0) is 9.61. The molecule has 74 valence electrons. The molecule has 12 heavy (non-hydrogen) atoms. The number of carbonyl (C=O) groups is 1. The van der Waals surface area contributed by atoms with Gasteiger partial charge in [-0.1, -0.05) is 0 Å². The summed E-state index contributed by atoms with van der Waals surface area (Å²) in [6.45, 7) is 2.68. The Bertz CT molecular complexity index is 145. The van der Waals surface area contributed by atoms with Crippen LogP contribution in [0.3, 0.4) is 0 Å². The summed E-state index contributed by atoms with van der Waals surface area (Å²) in [5.41, 5.74) is 0. The Morgan fingerprint density at radius 2 is 2.17 bits per heavy atom. The summed E-state index contributed by atoms with van der Waals surface area (Å²) >= 11 is 0. The molecule has 0 saturated carbocycles. The summed E-state index contributed by atoms with van der Waals surface area (Å²) in [5.74, 6) is -0.411. The minimum atomic E-state index is -2.92. The highest BCUT2D eigenvalue weighted by Crippen LogP contribution is 2.26. The molecule has 0 unspecified atom stereocenters. The van der Waals surface area contributed by atoms with E-state index in [0.717, 1.165) is 6.26 Å². The van der Waals surface area contributed by atoms with E-state index in [9.17, 15) is 4.79 Å². The van der Waals surface area contributed by atoms with E-state index in [-0.39, 0.29) is 6.42 Å². The van der Waals surface area contributed by atoms with Gasteiger partial charge in [-0.2, -0.15) is 0 Å². The van der Waals surface area contributed by atoms with Crippen LogP contribution in [0.25, 0.3) is 0 Å². The largest absolute Gasteiger partial charge is 0.381 e. The van der Waals surface area contributed by atoms with Crippen LogP contribution in [-0.4, -0.2) is 34.5 Å². The highest BCUT2D eigenvalue weighted by Gasteiger charge is 2.08. The first-order chi connectivity index (χ1) is 5.45. The molecule has 0 rings (SSSR count). The first-order valence-corrected chi connectivity index (χ1v) is 5.52. The fourth-order valence-electron chi connectivity index (χ4n) is 0.576. The highest BCUT2D eigenvalue weighted by atomic mass is 32.3. The number of hydrogen-bond acceptors (Lipinski definition) is 4. The van der Waals surface area contributed by atoms with Gasteiger partial charge in [0.05, 0.1) is 13.0 Å². The summed E-state index contributed by atoms with van der Waals surface area (Å²) in [7, 11) is -2.92. The number of rotatable bonds is 5. The maximum absolute atomic E-state index is 10.8. The van der Waals surface area contributed by atoms with Gasteiger partial charge < -0.3 is 4.74 Å². The van der Waals surface area contributed by atoms with Crippen LogP contribution in [0.15, 0.2) is 0 Å². The molecule has 3 N–H and O–H groups in total. The van der Waals surface area contributed by atoms with Crippen LogP contribution in [-0.2, 0) is 9.53 Å². The van der Waals surface area contributed by atoms with E-state index in [4.69, 9.17) is 13.8 Å². The van der Waals surface area contributed by atoms with E-state index in [0.29, 0.717) is 13.2 Å². The molecule has 0 heterocycles. The second-order valence-electron chi connectivity index (χ2n) is 2.31. The molecule has 0 aromatic carbocycles. The van der Waals surface area contributed by atoms with Crippen molar-refractivity contribution in [3.05, 3.63) is 0 Å². The van der Waals surface area contributed by atoms with E-state index >= 15 is 0 Å². The van der Waals surface area contributed by atoms with Crippen LogP contribution in [0.4, 0.5) is 0 Å². The van der Waals surface area contributed by atoms with Gasteiger partial charge in [-0.3, -0.25) is 18.6 Å². The lowest BCUT2D eigenvalue weighted by Gasteiger charge is -2.27. The lowest BCUT2D eigenvalue weighted by atomic mass is 10.4. The van der Waals surface area contributed by atoms with Gasteiger partial charge in [-0.05, 0) is 6.92 Å². The van der Waals surface area contributed by atoms with Crippen molar-refractivity contribution < 1.29 is 18.6 Å². The lowest BCUT2D eigenvalue weighted by molar-refractivity contribution is -0.120. The predicted molar refractivity (Wildman–Crippen MR) is 48.0 cm³/mol. The number of hydrogen-bond donors (Lipinski definition) is 3. The van der Waals surface area contributed by atoms with Gasteiger partial charge in [0.1, 0.15) is 0 Å². The Hall–Kier alpha value is -0.300. The lowest BCUT2D eigenvalue weighted by Crippen LogP contribution is -2.27. The van der Waals surface area contributed by atoms with E-state index in [1.807, 2.05) is 6.92 Å². The minimum Gasteiger partial charge on any atom is -0.381 e. The van der Waals surface area contributed by atoms with Crippen molar-refractivity contribution in [2.45, 2.75) is 13.3 Å². The number of nitrogens with one attached hydrogen (secondary N) is 1. The first-order valence-electron chi connectivity index (χ1n) is 3.57. The fourth-order valence-corrected chi connectivity index (χ4v) is 1.11. The Labute approximate surface area is 73.6 Å². The third kappa shape index (κ3) is 7.80. The molecule has 0 fully saturated rings. The molecule has 1 amide bonds. The Balaban J connectivity index is 3.47. The van der Waals surface area contributed by atoms with E-state index < -0.39 is 16.7 Å². The van der Waals surface area contributed by atoms with Gasteiger partial charge in [0, 0.05) is 12.9 Å². The van der Waals surface area contributed by atoms with Gasteiger partial charge in [0.2, 0.25) is 5.91 Å². The van der Waals surface area contributed by atoms with Gasteiger partial charge in [-0.15, -0.1) is 10.8 Å².